The van der Waals surface area contributed by atoms with E-state index in [0.717, 1.165) is 9.75 Å². The fourth-order valence-corrected chi connectivity index (χ4v) is 4.43. The van der Waals surface area contributed by atoms with Crippen molar-refractivity contribution in [2.24, 2.45) is 0 Å². The standard InChI is InChI=1S/C24H18N4O4S2/c29-21(25-11-17-13-31-23(27-17)19-3-1-9-33-19)15-5-7-16(8-6-15)22(30)26-12-18-14-32-24(28-18)20-4-2-10-34-20/h1-10,13-14H,11-12H2,(H,25,29)(H,26,30). The smallest absolute Gasteiger partial charge is 0.251 e. The van der Waals surface area contributed by atoms with Crippen LogP contribution in [0.2, 0.25) is 0 Å². The first-order valence-electron chi connectivity index (χ1n) is 10.3. The van der Waals surface area contributed by atoms with E-state index in [1.807, 2.05) is 35.0 Å². The first-order chi connectivity index (χ1) is 16.7. The van der Waals surface area contributed by atoms with E-state index < -0.39 is 0 Å². The lowest BCUT2D eigenvalue weighted by atomic mass is 10.1. The zero-order valence-corrected chi connectivity index (χ0v) is 19.3. The zero-order chi connectivity index (χ0) is 23.3. The lowest BCUT2D eigenvalue weighted by molar-refractivity contribution is 0.0938. The second-order valence-corrected chi connectivity index (χ2v) is 9.08. The molecule has 0 aliphatic heterocycles. The van der Waals surface area contributed by atoms with Crippen molar-refractivity contribution in [2.75, 3.05) is 0 Å². The van der Waals surface area contributed by atoms with Gasteiger partial charge in [-0.2, -0.15) is 0 Å². The van der Waals surface area contributed by atoms with E-state index in [-0.39, 0.29) is 24.9 Å². The molecule has 0 saturated heterocycles. The Kier molecular flexibility index (Phi) is 6.32. The highest BCUT2D eigenvalue weighted by molar-refractivity contribution is 7.13. The van der Waals surface area contributed by atoms with Crippen LogP contribution in [0.1, 0.15) is 32.1 Å². The van der Waals surface area contributed by atoms with Crippen molar-refractivity contribution in [2.45, 2.75) is 13.1 Å². The molecular weight excluding hydrogens is 472 g/mol. The van der Waals surface area contributed by atoms with Gasteiger partial charge in [0, 0.05) is 11.1 Å². The average Bonchev–Trinajstić information content (AvgIpc) is 3.68. The highest BCUT2D eigenvalue weighted by Gasteiger charge is 2.13. The summed E-state index contributed by atoms with van der Waals surface area (Å²) in [6.07, 6.45) is 3.06. The Morgan fingerprint density at radius 1 is 0.706 bits per heavy atom. The quantitative estimate of drug-likeness (QED) is 0.317. The zero-order valence-electron chi connectivity index (χ0n) is 17.7. The van der Waals surface area contributed by atoms with Crippen molar-refractivity contribution in [3.63, 3.8) is 0 Å². The summed E-state index contributed by atoms with van der Waals surface area (Å²) in [6.45, 7) is 0.474. The maximum atomic E-state index is 12.5. The van der Waals surface area contributed by atoms with Gasteiger partial charge in [0.25, 0.3) is 11.8 Å². The fourth-order valence-electron chi connectivity index (χ4n) is 3.12. The molecule has 34 heavy (non-hydrogen) atoms. The minimum absolute atomic E-state index is 0.237. The van der Waals surface area contributed by atoms with Crippen LogP contribution < -0.4 is 10.6 Å². The molecule has 8 nitrogen and oxygen atoms in total. The first-order valence-corrected chi connectivity index (χ1v) is 12.0. The number of carbonyl (C=O) groups is 2. The number of benzene rings is 1. The maximum absolute atomic E-state index is 12.5. The van der Waals surface area contributed by atoms with Crippen LogP contribution in [0.3, 0.4) is 0 Å². The van der Waals surface area contributed by atoms with Crippen molar-refractivity contribution in [3.8, 4) is 21.5 Å². The summed E-state index contributed by atoms with van der Waals surface area (Å²) >= 11 is 3.07. The minimum atomic E-state index is -0.267. The first kappa shape index (κ1) is 21.8. The Morgan fingerprint density at radius 3 is 1.53 bits per heavy atom. The van der Waals surface area contributed by atoms with Crippen molar-refractivity contribution < 1.29 is 18.4 Å². The van der Waals surface area contributed by atoms with E-state index in [0.29, 0.717) is 34.3 Å². The molecule has 0 radical (unpaired) electrons. The van der Waals surface area contributed by atoms with Crippen molar-refractivity contribution in [1.82, 2.24) is 20.6 Å². The Hall–Kier alpha value is -4.02. The van der Waals surface area contributed by atoms with Crippen molar-refractivity contribution in [1.29, 1.82) is 0 Å². The molecule has 1 aromatic carbocycles. The number of carbonyl (C=O) groups excluding carboxylic acids is 2. The number of amides is 2. The third-order valence-electron chi connectivity index (χ3n) is 4.84. The molecule has 0 spiro atoms. The number of hydrogen-bond acceptors (Lipinski definition) is 8. The molecule has 0 aliphatic carbocycles. The number of nitrogens with one attached hydrogen (secondary N) is 2. The molecule has 5 rings (SSSR count). The highest BCUT2D eigenvalue weighted by Crippen LogP contribution is 2.24. The predicted molar refractivity (Wildman–Crippen MR) is 128 cm³/mol. The monoisotopic (exact) mass is 490 g/mol. The summed E-state index contributed by atoms with van der Waals surface area (Å²) in [5.41, 5.74) is 2.14. The van der Waals surface area contributed by atoms with Crippen LogP contribution in [0.5, 0.6) is 0 Å². The number of hydrogen-bond donors (Lipinski definition) is 2. The number of oxazole rings is 2. The summed E-state index contributed by atoms with van der Waals surface area (Å²) in [4.78, 5) is 35.5. The van der Waals surface area contributed by atoms with Crippen LogP contribution in [0.25, 0.3) is 21.5 Å². The number of aromatic nitrogens is 2. The van der Waals surface area contributed by atoms with Gasteiger partial charge >= 0.3 is 0 Å². The molecule has 4 heterocycles. The normalized spacial score (nSPS) is 10.8. The Morgan fingerprint density at radius 2 is 1.15 bits per heavy atom. The summed E-state index contributed by atoms with van der Waals surface area (Å²) in [5, 5.41) is 9.50. The van der Waals surface area contributed by atoms with Crippen molar-refractivity contribution >= 4 is 34.5 Å². The van der Waals surface area contributed by atoms with E-state index >= 15 is 0 Å². The molecule has 0 fully saturated rings. The second-order valence-electron chi connectivity index (χ2n) is 7.19. The molecule has 4 aromatic heterocycles. The molecule has 0 unspecified atom stereocenters. The number of rotatable bonds is 8. The number of thiophene rings is 2. The van der Waals surface area contributed by atoms with Gasteiger partial charge in [-0.1, -0.05) is 12.1 Å². The molecular formula is C24H18N4O4S2. The van der Waals surface area contributed by atoms with Crippen LogP contribution >= 0.6 is 22.7 Å². The van der Waals surface area contributed by atoms with Crippen molar-refractivity contribution in [3.05, 3.63) is 94.3 Å². The largest absolute Gasteiger partial charge is 0.443 e. The summed E-state index contributed by atoms with van der Waals surface area (Å²) in [5.74, 6) is 0.527. The van der Waals surface area contributed by atoms with E-state index in [4.69, 9.17) is 8.83 Å². The lowest BCUT2D eigenvalue weighted by Crippen LogP contribution is -2.24. The third kappa shape index (κ3) is 4.98. The van der Waals surface area contributed by atoms with Gasteiger partial charge in [0.15, 0.2) is 0 Å². The van der Waals surface area contributed by atoms with Gasteiger partial charge in [-0.25, -0.2) is 9.97 Å². The second kappa shape index (κ2) is 9.86. The van der Waals surface area contributed by atoms with Gasteiger partial charge in [0.05, 0.1) is 34.2 Å². The lowest BCUT2D eigenvalue weighted by Gasteiger charge is -2.06. The average molecular weight is 491 g/mol. The molecule has 0 aliphatic rings. The maximum Gasteiger partial charge on any atom is 0.251 e. The van der Waals surface area contributed by atoms with Crippen LogP contribution in [0.4, 0.5) is 0 Å². The summed E-state index contributed by atoms with van der Waals surface area (Å²) < 4.78 is 10.9. The molecule has 2 N–H and O–H groups in total. The minimum Gasteiger partial charge on any atom is -0.443 e. The Balaban J connectivity index is 1.12. The van der Waals surface area contributed by atoms with Gasteiger partial charge in [-0.15, -0.1) is 22.7 Å². The van der Waals surface area contributed by atoms with E-state index in [1.54, 1.807) is 24.3 Å². The molecule has 10 heteroatoms. The molecule has 170 valence electrons. The summed E-state index contributed by atoms with van der Waals surface area (Å²) in [7, 11) is 0. The molecule has 0 atom stereocenters. The van der Waals surface area contributed by atoms with E-state index in [1.165, 1.54) is 35.2 Å². The van der Waals surface area contributed by atoms with Gasteiger partial charge in [-0.05, 0) is 47.2 Å². The van der Waals surface area contributed by atoms with Gasteiger partial charge in [-0.3, -0.25) is 9.59 Å². The van der Waals surface area contributed by atoms with Gasteiger partial charge in [0.2, 0.25) is 11.8 Å². The molecule has 5 aromatic rings. The van der Waals surface area contributed by atoms with Crippen LogP contribution in [-0.4, -0.2) is 21.8 Å². The van der Waals surface area contributed by atoms with Crippen LogP contribution in [0.15, 0.2) is 80.7 Å². The van der Waals surface area contributed by atoms with E-state index in [2.05, 4.69) is 20.6 Å². The van der Waals surface area contributed by atoms with Crippen LogP contribution in [-0.2, 0) is 13.1 Å². The number of nitrogens with zero attached hydrogens (tertiary/aromatic N) is 2. The highest BCUT2D eigenvalue weighted by atomic mass is 32.1. The van der Waals surface area contributed by atoms with Gasteiger partial charge < -0.3 is 19.5 Å². The molecule has 0 bridgehead atoms. The Bertz CT molecular complexity index is 1280. The predicted octanol–water partition coefficient (Wildman–Crippen LogP) is 4.98. The van der Waals surface area contributed by atoms with Gasteiger partial charge in [0.1, 0.15) is 12.5 Å². The molecule has 2 amide bonds. The van der Waals surface area contributed by atoms with E-state index in [9.17, 15) is 9.59 Å². The topological polar surface area (TPSA) is 110 Å². The fraction of sp³-hybridized carbons (Fsp3) is 0.0833. The third-order valence-corrected chi connectivity index (χ3v) is 6.55. The Labute approximate surface area is 202 Å². The SMILES string of the molecule is O=C(NCc1coc(-c2cccs2)n1)c1ccc(C(=O)NCc2coc(-c3cccs3)n2)cc1. The molecule has 0 saturated carbocycles. The van der Waals surface area contributed by atoms with Crippen LogP contribution in [0, 0.1) is 0 Å². The summed E-state index contributed by atoms with van der Waals surface area (Å²) in [6, 6.07) is 14.1.